The van der Waals surface area contributed by atoms with Crippen LogP contribution in [-0.4, -0.2) is 25.1 Å². The molecule has 0 aromatic carbocycles. The molecule has 17 heavy (non-hydrogen) atoms. The van der Waals surface area contributed by atoms with Crippen molar-refractivity contribution in [2.24, 2.45) is 5.73 Å². The molecule has 2 N–H and O–H groups in total. The zero-order valence-corrected chi connectivity index (χ0v) is 9.63. The average molecular weight is 234 g/mol. The highest BCUT2D eigenvalue weighted by Gasteiger charge is 2.43. The van der Waals surface area contributed by atoms with E-state index in [9.17, 15) is 0 Å². The molecule has 0 amide bonds. The molecule has 1 fully saturated rings. The van der Waals surface area contributed by atoms with Gasteiger partial charge < -0.3 is 10.3 Å². The predicted octanol–water partition coefficient (Wildman–Crippen LogP) is 0.220. The van der Waals surface area contributed by atoms with Crippen LogP contribution in [0.25, 0.3) is 0 Å². The van der Waals surface area contributed by atoms with Crippen LogP contribution in [0.1, 0.15) is 37.2 Å². The van der Waals surface area contributed by atoms with Crippen molar-refractivity contribution < 1.29 is 4.52 Å². The monoisotopic (exact) mass is 234 g/mol. The third kappa shape index (κ3) is 1.93. The molecule has 7 heteroatoms. The van der Waals surface area contributed by atoms with Gasteiger partial charge in [-0.2, -0.15) is 4.98 Å². The van der Waals surface area contributed by atoms with Crippen molar-refractivity contribution in [2.45, 2.75) is 38.3 Å². The Labute approximate surface area is 98.0 Å². The standard InChI is InChI=1S/C10H14N6O/c1-10(2-3-10)9-12-8(17-14-9)6-16-5-7(4-11)13-15-16/h5H,2-4,6,11H2,1H3. The maximum Gasteiger partial charge on any atom is 0.248 e. The van der Waals surface area contributed by atoms with Crippen molar-refractivity contribution in [1.82, 2.24) is 25.1 Å². The Morgan fingerprint density at radius 3 is 3.00 bits per heavy atom. The highest BCUT2D eigenvalue weighted by atomic mass is 16.5. The first-order valence-corrected chi connectivity index (χ1v) is 5.62. The molecule has 2 aromatic heterocycles. The summed E-state index contributed by atoms with van der Waals surface area (Å²) in [5.74, 6) is 1.35. The fraction of sp³-hybridized carbons (Fsp3) is 0.600. The fourth-order valence-corrected chi connectivity index (χ4v) is 1.62. The second kappa shape index (κ2) is 3.63. The molecule has 3 rings (SSSR count). The van der Waals surface area contributed by atoms with Crippen molar-refractivity contribution in [3.63, 3.8) is 0 Å². The van der Waals surface area contributed by atoms with Crippen LogP contribution in [-0.2, 0) is 18.5 Å². The molecule has 0 bridgehead atoms. The van der Waals surface area contributed by atoms with Crippen LogP contribution in [0.3, 0.4) is 0 Å². The minimum absolute atomic E-state index is 0.131. The Kier molecular flexibility index (Phi) is 2.22. The van der Waals surface area contributed by atoms with E-state index in [0.29, 0.717) is 19.0 Å². The van der Waals surface area contributed by atoms with Gasteiger partial charge in [0, 0.05) is 12.0 Å². The predicted molar refractivity (Wildman–Crippen MR) is 57.9 cm³/mol. The van der Waals surface area contributed by atoms with Gasteiger partial charge in [-0.15, -0.1) is 5.10 Å². The molecule has 0 radical (unpaired) electrons. The number of nitrogens with two attached hydrogens (primary N) is 1. The van der Waals surface area contributed by atoms with Crippen LogP contribution in [0.4, 0.5) is 0 Å². The maximum atomic E-state index is 5.46. The van der Waals surface area contributed by atoms with E-state index in [2.05, 4.69) is 27.4 Å². The number of nitrogens with zero attached hydrogens (tertiary/aromatic N) is 5. The average Bonchev–Trinajstić information content (AvgIpc) is 2.81. The smallest absolute Gasteiger partial charge is 0.248 e. The molecule has 2 heterocycles. The molecular weight excluding hydrogens is 220 g/mol. The van der Waals surface area contributed by atoms with E-state index < -0.39 is 0 Å². The van der Waals surface area contributed by atoms with Gasteiger partial charge in [0.15, 0.2) is 5.82 Å². The summed E-state index contributed by atoms with van der Waals surface area (Å²) in [6.07, 6.45) is 4.04. The van der Waals surface area contributed by atoms with Gasteiger partial charge >= 0.3 is 0 Å². The highest BCUT2D eigenvalue weighted by Crippen LogP contribution is 2.45. The lowest BCUT2D eigenvalue weighted by Gasteiger charge is -1.97. The summed E-state index contributed by atoms with van der Waals surface area (Å²) in [5.41, 5.74) is 6.34. The number of aromatic nitrogens is 5. The van der Waals surface area contributed by atoms with Crippen molar-refractivity contribution in [1.29, 1.82) is 0 Å². The van der Waals surface area contributed by atoms with E-state index in [-0.39, 0.29) is 5.41 Å². The summed E-state index contributed by atoms with van der Waals surface area (Å²) >= 11 is 0. The first-order valence-electron chi connectivity index (χ1n) is 5.62. The molecule has 90 valence electrons. The van der Waals surface area contributed by atoms with Crippen LogP contribution < -0.4 is 5.73 Å². The molecule has 1 aliphatic rings. The lowest BCUT2D eigenvalue weighted by atomic mass is 10.1. The Morgan fingerprint density at radius 2 is 2.35 bits per heavy atom. The molecule has 7 nitrogen and oxygen atoms in total. The summed E-state index contributed by atoms with van der Waals surface area (Å²) in [5, 5.41) is 11.8. The molecule has 0 spiro atoms. The van der Waals surface area contributed by atoms with E-state index in [1.807, 2.05) is 0 Å². The summed E-state index contributed by atoms with van der Waals surface area (Å²) in [4.78, 5) is 4.38. The molecule has 0 saturated heterocycles. The maximum absolute atomic E-state index is 5.46. The third-order valence-electron chi connectivity index (χ3n) is 3.10. The molecule has 0 unspecified atom stereocenters. The summed E-state index contributed by atoms with van der Waals surface area (Å²) in [6.45, 7) is 2.97. The number of hydrogen-bond acceptors (Lipinski definition) is 6. The van der Waals surface area contributed by atoms with Crippen LogP contribution in [0.2, 0.25) is 0 Å². The van der Waals surface area contributed by atoms with Crippen LogP contribution in [0.15, 0.2) is 10.7 Å². The van der Waals surface area contributed by atoms with Crippen molar-refractivity contribution >= 4 is 0 Å². The van der Waals surface area contributed by atoms with Gasteiger partial charge in [-0.05, 0) is 12.8 Å². The van der Waals surface area contributed by atoms with Gasteiger partial charge in [-0.25, -0.2) is 4.68 Å². The van der Waals surface area contributed by atoms with Gasteiger partial charge in [0.05, 0.1) is 11.9 Å². The lowest BCUT2D eigenvalue weighted by Crippen LogP contribution is -2.04. The van der Waals surface area contributed by atoms with Crippen LogP contribution in [0.5, 0.6) is 0 Å². The van der Waals surface area contributed by atoms with Crippen molar-refractivity contribution in [3.8, 4) is 0 Å². The van der Waals surface area contributed by atoms with Crippen molar-refractivity contribution in [2.75, 3.05) is 0 Å². The third-order valence-corrected chi connectivity index (χ3v) is 3.10. The van der Waals surface area contributed by atoms with Gasteiger partial charge in [0.1, 0.15) is 6.54 Å². The summed E-state index contributed by atoms with van der Waals surface area (Å²) < 4.78 is 6.84. The lowest BCUT2D eigenvalue weighted by molar-refractivity contribution is 0.357. The molecule has 1 aliphatic carbocycles. The largest absolute Gasteiger partial charge is 0.337 e. The summed E-state index contributed by atoms with van der Waals surface area (Å²) in [7, 11) is 0. The Bertz CT molecular complexity index is 526. The second-order valence-electron chi connectivity index (χ2n) is 4.68. The van der Waals surface area contributed by atoms with E-state index in [0.717, 1.165) is 24.4 Å². The van der Waals surface area contributed by atoms with Crippen molar-refractivity contribution in [3.05, 3.63) is 23.6 Å². The number of rotatable bonds is 4. The molecule has 2 aromatic rings. The van der Waals surface area contributed by atoms with Crippen LogP contribution in [0, 0.1) is 0 Å². The highest BCUT2D eigenvalue weighted by molar-refractivity contribution is 5.14. The number of hydrogen-bond donors (Lipinski definition) is 1. The fourth-order valence-electron chi connectivity index (χ4n) is 1.62. The van der Waals surface area contributed by atoms with E-state index >= 15 is 0 Å². The van der Waals surface area contributed by atoms with E-state index in [1.54, 1.807) is 10.9 Å². The first-order chi connectivity index (χ1) is 8.19. The van der Waals surface area contributed by atoms with Gasteiger partial charge in [0.2, 0.25) is 5.89 Å². The van der Waals surface area contributed by atoms with Crippen LogP contribution >= 0.6 is 0 Å². The Morgan fingerprint density at radius 1 is 1.53 bits per heavy atom. The SMILES string of the molecule is CC1(c2noc(Cn3cc(CN)nn3)n2)CC1. The summed E-state index contributed by atoms with van der Waals surface area (Å²) in [6, 6.07) is 0. The molecule has 1 saturated carbocycles. The van der Waals surface area contributed by atoms with E-state index in [4.69, 9.17) is 10.3 Å². The van der Waals surface area contributed by atoms with Gasteiger partial charge in [-0.3, -0.25) is 0 Å². The topological polar surface area (TPSA) is 95.7 Å². The molecule has 0 atom stereocenters. The molecule has 0 aliphatic heterocycles. The van der Waals surface area contributed by atoms with Gasteiger partial charge in [-0.1, -0.05) is 17.3 Å². The minimum atomic E-state index is 0.131. The molecular formula is C10H14N6O. The first kappa shape index (κ1) is 10.4. The normalized spacial score (nSPS) is 17.3. The Hall–Kier alpha value is -1.76. The second-order valence-corrected chi connectivity index (χ2v) is 4.68. The zero-order chi connectivity index (χ0) is 11.9. The Balaban J connectivity index is 1.74. The zero-order valence-electron chi connectivity index (χ0n) is 9.63. The van der Waals surface area contributed by atoms with E-state index in [1.165, 1.54) is 0 Å². The van der Waals surface area contributed by atoms with Gasteiger partial charge in [0.25, 0.3) is 0 Å². The quantitative estimate of drug-likeness (QED) is 0.813. The minimum Gasteiger partial charge on any atom is -0.337 e.